The molecule has 1 fully saturated rings. The van der Waals surface area contributed by atoms with Gasteiger partial charge in [0.1, 0.15) is 35.9 Å². The Morgan fingerprint density at radius 3 is 2.74 bits per heavy atom. The van der Waals surface area contributed by atoms with Crippen LogP contribution in [0.1, 0.15) is 18.9 Å². The normalized spacial score (nSPS) is 15.9. The molecule has 1 aliphatic heterocycles. The summed E-state index contributed by atoms with van der Waals surface area (Å²) in [7, 11) is 0. The highest BCUT2D eigenvalue weighted by atomic mass is 19.2. The fourth-order valence-corrected chi connectivity index (χ4v) is 4.46. The number of nitrogens with two attached hydrogens (primary N) is 1. The smallest absolute Gasteiger partial charge is 0.267 e. The average Bonchev–Trinajstić information content (AvgIpc) is 3.33. The molecule has 0 unspecified atom stereocenters. The Balaban J connectivity index is 1.47. The quantitative estimate of drug-likeness (QED) is 0.227. The number of fused-ring (bicyclic) bond motifs is 1. The van der Waals surface area contributed by atoms with Gasteiger partial charge in [-0.15, -0.1) is 0 Å². The number of anilines is 1. The van der Waals surface area contributed by atoms with Gasteiger partial charge in [-0.25, -0.2) is 19.0 Å². The lowest BCUT2D eigenvalue weighted by atomic mass is 10.0. The topological polar surface area (TPSA) is 143 Å². The van der Waals surface area contributed by atoms with Gasteiger partial charge in [0, 0.05) is 18.7 Å². The van der Waals surface area contributed by atoms with Crippen molar-refractivity contribution in [1.29, 1.82) is 5.26 Å². The Bertz CT molecular complexity index is 1600. The van der Waals surface area contributed by atoms with Crippen LogP contribution >= 0.6 is 0 Å². The maximum atomic E-state index is 14.0. The van der Waals surface area contributed by atoms with Gasteiger partial charge in [0.05, 0.1) is 11.4 Å². The van der Waals surface area contributed by atoms with E-state index >= 15 is 0 Å². The van der Waals surface area contributed by atoms with Crippen LogP contribution in [0.3, 0.4) is 0 Å². The number of carbonyl (C=O) groups excluding carboxylic acids is 1. The predicted molar refractivity (Wildman–Crippen MR) is 133 cm³/mol. The monoisotopic (exact) mass is 517 g/mol. The number of hydrogen-bond acceptors (Lipinski definition) is 8. The number of amides is 1. The Morgan fingerprint density at radius 1 is 1.21 bits per heavy atom. The number of halogens is 2. The van der Waals surface area contributed by atoms with Crippen molar-refractivity contribution in [1.82, 2.24) is 24.6 Å². The molecule has 0 aliphatic carbocycles. The number of nitrogens with zero attached hydrogens (tertiary/aromatic N) is 6. The lowest BCUT2D eigenvalue weighted by Crippen LogP contribution is -2.41. The number of hydrogen-bond donors (Lipinski definition) is 2. The van der Waals surface area contributed by atoms with Crippen molar-refractivity contribution in [2.24, 2.45) is 0 Å². The van der Waals surface area contributed by atoms with Crippen LogP contribution in [0.2, 0.25) is 0 Å². The van der Waals surface area contributed by atoms with Gasteiger partial charge in [-0.2, -0.15) is 14.8 Å². The molecule has 1 amide bonds. The van der Waals surface area contributed by atoms with Crippen molar-refractivity contribution in [3.05, 3.63) is 72.3 Å². The number of aliphatic hydroxyl groups excluding tert-OH is 1. The van der Waals surface area contributed by atoms with Gasteiger partial charge in [0.2, 0.25) is 5.82 Å². The standard InChI is InChI=1S/C26H21F2N7O3/c27-19-4-1-5-20(22(19)28)38-18-8-6-15(7-9-18)23-21-24(30)31-14-32-25(21)35(33-23)17-3-2-10-34(12-17)26(37)16(11-29)13-36/h1,4-9,13-14,17,36H,2-3,10,12H2,(H2,30,31,32)/t17-/m1/s1. The van der Waals surface area contributed by atoms with Gasteiger partial charge in [-0.3, -0.25) is 4.79 Å². The summed E-state index contributed by atoms with van der Waals surface area (Å²) in [6, 6.07) is 11.7. The second-order valence-electron chi connectivity index (χ2n) is 8.63. The second kappa shape index (κ2) is 10.1. The first-order valence-corrected chi connectivity index (χ1v) is 11.7. The highest BCUT2D eigenvalue weighted by Crippen LogP contribution is 2.35. The molecule has 1 atom stereocenters. The molecule has 0 spiro atoms. The first kappa shape index (κ1) is 24.6. The summed E-state index contributed by atoms with van der Waals surface area (Å²) >= 11 is 0. The molecule has 0 bridgehead atoms. The van der Waals surface area contributed by atoms with Crippen LogP contribution in [0, 0.1) is 23.0 Å². The molecule has 3 N–H and O–H groups in total. The Hall–Kier alpha value is -5.05. The minimum absolute atomic E-state index is 0.220. The van der Waals surface area contributed by atoms with Gasteiger partial charge in [-0.1, -0.05) is 6.07 Å². The Kier molecular flexibility index (Phi) is 6.57. The SMILES string of the molecule is N#CC(=CO)C(=O)N1CCC[C@@H](n2nc(-c3ccc(Oc4cccc(F)c4F)cc3)c3c(N)ncnc32)C1. The van der Waals surface area contributed by atoms with Gasteiger partial charge >= 0.3 is 0 Å². The maximum Gasteiger partial charge on any atom is 0.267 e. The number of aromatic nitrogens is 4. The van der Waals surface area contributed by atoms with Crippen molar-refractivity contribution in [2.45, 2.75) is 18.9 Å². The number of piperidine rings is 1. The number of aliphatic hydroxyl groups is 1. The Labute approximate surface area is 215 Å². The van der Waals surface area contributed by atoms with E-state index in [-0.39, 0.29) is 35.5 Å². The van der Waals surface area contributed by atoms with E-state index in [0.29, 0.717) is 47.9 Å². The molecule has 1 aliphatic rings. The molecule has 38 heavy (non-hydrogen) atoms. The molecule has 12 heteroatoms. The van der Waals surface area contributed by atoms with E-state index in [1.54, 1.807) is 35.0 Å². The van der Waals surface area contributed by atoms with Gasteiger partial charge in [0.25, 0.3) is 5.91 Å². The highest BCUT2D eigenvalue weighted by Gasteiger charge is 2.30. The number of benzene rings is 2. The molecule has 1 saturated heterocycles. The van der Waals surface area contributed by atoms with Crippen LogP contribution in [0.25, 0.3) is 22.3 Å². The summed E-state index contributed by atoms with van der Waals surface area (Å²) in [4.78, 5) is 22.6. The summed E-state index contributed by atoms with van der Waals surface area (Å²) < 4.78 is 34.7. The highest BCUT2D eigenvalue weighted by molar-refractivity contribution is 5.98. The van der Waals surface area contributed by atoms with E-state index in [2.05, 4.69) is 9.97 Å². The largest absolute Gasteiger partial charge is 0.514 e. The molecule has 3 heterocycles. The molecular weight excluding hydrogens is 496 g/mol. The molecule has 0 saturated carbocycles. The van der Waals surface area contributed by atoms with Crippen LogP contribution in [0.15, 0.2) is 60.6 Å². The predicted octanol–water partition coefficient (Wildman–Crippen LogP) is 4.27. The molecule has 4 aromatic rings. The summed E-state index contributed by atoms with van der Waals surface area (Å²) in [6.45, 7) is 0.689. The number of nitriles is 1. The van der Waals surface area contributed by atoms with Crippen molar-refractivity contribution < 1.29 is 23.4 Å². The van der Waals surface area contributed by atoms with Gasteiger partial charge in [-0.05, 0) is 49.2 Å². The molecule has 0 radical (unpaired) electrons. The van der Waals surface area contributed by atoms with E-state index in [0.717, 1.165) is 6.07 Å². The molecule has 192 valence electrons. The minimum atomic E-state index is -1.08. The van der Waals surface area contributed by atoms with Crippen molar-refractivity contribution >= 4 is 22.8 Å². The van der Waals surface area contributed by atoms with E-state index in [1.807, 2.05) is 0 Å². The first-order chi connectivity index (χ1) is 18.4. The minimum Gasteiger partial charge on any atom is -0.514 e. The van der Waals surface area contributed by atoms with Crippen LogP contribution in [-0.4, -0.2) is 48.8 Å². The van der Waals surface area contributed by atoms with E-state index in [1.165, 1.54) is 23.4 Å². The summed E-state index contributed by atoms with van der Waals surface area (Å²) in [5.74, 6) is -2.38. The molecule has 2 aromatic carbocycles. The van der Waals surface area contributed by atoms with Crippen LogP contribution in [0.4, 0.5) is 14.6 Å². The molecule has 5 rings (SSSR count). The average molecular weight is 517 g/mol. The number of rotatable bonds is 5. The van der Waals surface area contributed by atoms with Gasteiger partial charge < -0.3 is 20.5 Å². The zero-order chi connectivity index (χ0) is 26.8. The van der Waals surface area contributed by atoms with Gasteiger partial charge in [0.15, 0.2) is 22.8 Å². The Morgan fingerprint density at radius 2 is 2.00 bits per heavy atom. The summed E-state index contributed by atoms with van der Waals surface area (Å²) in [5, 5.41) is 23.6. The number of likely N-dealkylation sites (tertiary alicyclic amines) is 1. The van der Waals surface area contributed by atoms with Crippen LogP contribution in [-0.2, 0) is 4.79 Å². The third kappa shape index (κ3) is 4.45. The lowest BCUT2D eigenvalue weighted by molar-refractivity contribution is -0.128. The van der Waals surface area contributed by atoms with E-state index in [9.17, 15) is 18.7 Å². The second-order valence-corrected chi connectivity index (χ2v) is 8.63. The zero-order valence-corrected chi connectivity index (χ0v) is 19.9. The number of nitrogen functional groups attached to an aromatic ring is 1. The number of ether oxygens (including phenoxy) is 1. The molecular formula is C26H21F2N7O3. The van der Waals surface area contributed by atoms with Crippen molar-refractivity contribution in [2.75, 3.05) is 18.8 Å². The zero-order valence-electron chi connectivity index (χ0n) is 19.9. The lowest BCUT2D eigenvalue weighted by Gasteiger charge is -2.32. The van der Waals surface area contributed by atoms with E-state index in [4.69, 9.17) is 20.8 Å². The van der Waals surface area contributed by atoms with Crippen LogP contribution in [0.5, 0.6) is 11.5 Å². The van der Waals surface area contributed by atoms with Crippen molar-refractivity contribution in [3.8, 4) is 28.8 Å². The first-order valence-electron chi connectivity index (χ1n) is 11.7. The third-order valence-electron chi connectivity index (χ3n) is 6.30. The fourth-order valence-electron chi connectivity index (χ4n) is 4.46. The van der Waals surface area contributed by atoms with Crippen molar-refractivity contribution in [3.63, 3.8) is 0 Å². The summed E-state index contributed by atoms with van der Waals surface area (Å²) in [6.07, 6.45) is 3.19. The summed E-state index contributed by atoms with van der Waals surface area (Å²) in [5.41, 5.74) is 7.50. The third-order valence-corrected chi connectivity index (χ3v) is 6.30. The fraction of sp³-hybridized carbons (Fsp3) is 0.192. The number of carbonyl (C=O) groups is 1. The molecule has 10 nitrogen and oxygen atoms in total. The molecule has 2 aromatic heterocycles. The maximum absolute atomic E-state index is 14.0. The van der Waals surface area contributed by atoms with E-state index < -0.39 is 17.5 Å². The van der Waals surface area contributed by atoms with Crippen LogP contribution < -0.4 is 10.5 Å².